The first-order chi connectivity index (χ1) is 11.3. The van der Waals surface area contributed by atoms with Crippen LogP contribution in [-0.4, -0.2) is 32.3 Å². The largest absolute Gasteiger partial charge is 0.497 e. The third-order valence-electron chi connectivity index (χ3n) is 3.59. The Kier molecular flexibility index (Phi) is 4.00. The van der Waals surface area contributed by atoms with E-state index in [0.29, 0.717) is 6.04 Å². The molecule has 0 amide bonds. The third kappa shape index (κ3) is 3.23. The molecular formula is C15H15N5OS2. The van der Waals surface area contributed by atoms with E-state index in [0.717, 1.165) is 32.9 Å². The molecule has 1 aliphatic carbocycles. The normalized spacial score (nSPS) is 14.1. The van der Waals surface area contributed by atoms with Gasteiger partial charge in [-0.1, -0.05) is 11.8 Å². The highest BCUT2D eigenvalue weighted by Gasteiger charge is 2.27. The summed E-state index contributed by atoms with van der Waals surface area (Å²) < 4.78 is 7.12. The van der Waals surface area contributed by atoms with Crippen molar-refractivity contribution in [1.82, 2.24) is 25.2 Å². The van der Waals surface area contributed by atoms with Gasteiger partial charge in [0.15, 0.2) is 0 Å². The average molecular weight is 345 g/mol. The van der Waals surface area contributed by atoms with Gasteiger partial charge in [0.25, 0.3) is 0 Å². The summed E-state index contributed by atoms with van der Waals surface area (Å²) in [6.45, 7) is 0. The van der Waals surface area contributed by atoms with Crippen LogP contribution < -0.4 is 4.74 Å². The number of rotatable bonds is 6. The van der Waals surface area contributed by atoms with Crippen LogP contribution in [0.15, 0.2) is 34.8 Å². The maximum absolute atomic E-state index is 5.18. The topological polar surface area (TPSA) is 65.7 Å². The van der Waals surface area contributed by atoms with E-state index in [1.807, 2.05) is 28.9 Å². The van der Waals surface area contributed by atoms with Crippen molar-refractivity contribution in [3.05, 3.63) is 35.3 Å². The number of hydrogen-bond acceptors (Lipinski definition) is 7. The second kappa shape index (κ2) is 6.29. The molecule has 1 aliphatic rings. The highest BCUT2D eigenvalue weighted by atomic mass is 32.2. The van der Waals surface area contributed by atoms with Gasteiger partial charge in [0.1, 0.15) is 10.8 Å². The number of hydrogen-bond donors (Lipinski definition) is 0. The van der Waals surface area contributed by atoms with Crippen molar-refractivity contribution in [2.75, 3.05) is 7.11 Å². The lowest BCUT2D eigenvalue weighted by atomic mass is 10.2. The van der Waals surface area contributed by atoms with Crippen LogP contribution in [0, 0.1) is 0 Å². The van der Waals surface area contributed by atoms with Gasteiger partial charge in [-0.25, -0.2) is 9.67 Å². The lowest BCUT2D eigenvalue weighted by molar-refractivity contribution is 0.415. The quantitative estimate of drug-likeness (QED) is 0.638. The number of tetrazole rings is 1. The molecule has 0 unspecified atom stereocenters. The minimum atomic E-state index is 0.498. The summed E-state index contributed by atoms with van der Waals surface area (Å²) in [7, 11) is 1.67. The predicted molar refractivity (Wildman–Crippen MR) is 89.8 cm³/mol. The molecule has 0 bridgehead atoms. The Morgan fingerprint density at radius 3 is 2.87 bits per heavy atom. The van der Waals surface area contributed by atoms with Gasteiger partial charge < -0.3 is 4.74 Å². The molecule has 0 radical (unpaired) electrons. The SMILES string of the molecule is COc1ccc(-c2nc(CSc3nnnn3C3CC3)cs2)cc1. The first-order valence-corrected chi connectivity index (χ1v) is 9.19. The maximum Gasteiger partial charge on any atom is 0.209 e. The summed E-state index contributed by atoms with van der Waals surface area (Å²) in [6, 6.07) is 8.46. The van der Waals surface area contributed by atoms with E-state index in [1.54, 1.807) is 30.2 Å². The molecule has 1 aromatic carbocycles. The van der Waals surface area contributed by atoms with Crippen molar-refractivity contribution in [1.29, 1.82) is 0 Å². The van der Waals surface area contributed by atoms with Crippen LogP contribution in [0.5, 0.6) is 5.75 Å². The zero-order valence-corrected chi connectivity index (χ0v) is 14.2. The molecule has 3 aromatic rings. The molecule has 0 aliphatic heterocycles. The number of benzene rings is 1. The molecule has 23 heavy (non-hydrogen) atoms. The van der Waals surface area contributed by atoms with Crippen molar-refractivity contribution in [3.63, 3.8) is 0 Å². The van der Waals surface area contributed by atoms with Crippen LogP contribution in [0.1, 0.15) is 24.6 Å². The minimum absolute atomic E-state index is 0.498. The van der Waals surface area contributed by atoms with E-state index in [9.17, 15) is 0 Å². The van der Waals surface area contributed by atoms with Gasteiger partial charge in [0.2, 0.25) is 5.16 Å². The minimum Gasteiger partial charge on any atom is -0.497 e. The second-order valence-electron chi connectivity index (χ2n) is 5.30. The summed E-state index contributed by atoms with van der Waals surface area (Å²) in [5.41, 5.74) is 2.16. The van der Waals surface area contributed by atoms with Crippen LogP contribution in [-0.2, 0) is 5.75 Å². The van der Waals surface area contributed by atoms with Gasteiger partial charge >= 0.3 is 0 Å². The summed E-state index contributed by atoms with van der Waals surface area (Å²) in [5.74, 6) is 1.63. The number of methoxy groups -OCH3 is 1. The van der Waals surface area contributed by atoms with Gasteiger partial charge in [0, 0.05) is 16.7 Å². The molecule has 1 saturated carbocycles. The second-order valence-corrected chi connectivity index (χ2v) is 7.10. The molecule has 0 atom stereocenters. The lowest BCUT2D eigenvalue weighted by Gasteiger charge is -2.01. The number of aromatic nitrogens is 5. The standard InChI is InChI=1S/C15H15N5OS2/c1-21-13-6-2-10(3-7-13)14-16-11(8-22-14)9-23-15-17-18-19-20(15)12-4-5-12/h2-3,6-8,12H,4-5,9H2,1H3. The fraction of sp³-hybridized carbons (Fsp3) is 0.333. The van der Waals surface area contributed by atoms with E-state index < -0.39 is 0 Å². The van der Waals surface area contributed by atoms with Crippen molar-refractivity contribution in [3.8, 4) is 16.3 Å². The molecule has 1 fully saturated rings. The van der Waals surface area contributed by atoms with Crippen LogP contribution in [0.4, 0.5) is 0 Å². The van der Waals surface area contributed by atoms with E-state index in [4.69, 9.17) is 9.72 Å². The van der Waals surface area contributed by atoms with E-state index in [2.05, 4.69) is 20.9 Å². The molecule has 0 N–H and O–H groups in total. The number of thioether (sulfide) groups is 1. The Morgan fingerprint density at radius 2 is 2.13 bits per heavy atom. The monoisotopic (exact) mass is 345 g/mol. The molecule has 2 heterocycles. The predicted octanol–water partition coefficient (Wildman–Crippen LogP) is 3.43. The van der Waals surface area contributed by atoms with E-state index in [-0.39, 0.29) is 0 Å². The van der Waals surface area contributed by atoms with Gasteiger partial charge in [-0.3, -0.25) is 0 Å². The molecule has 0 saturated heterocycles. The summed E-state index contributed by atoms with van der Waals surface area (Å²) in [4.78, 5) is 4.70. The van der Waals surface area contributed by atoms with Gasteiger partial charge in [-0.05, 0) is 47.5 Å². The van der Waals surface area contributed by atoms with E-state index >= 15 is 0 Å². The van der Waals surface area contributed by atoms with Crippen LogP contribution in [0.3, 0.4) is 0 Å². The molecule has 118 valence electrons. The average Bonchev–Trinajstić information content (AvgIpc) is 3.14. The van der Waals surface area contributed by atoms with Crippen molar-refractivity contribution >= 4 is 23.1 Å². The fourth-order valence-corrected chi connectivity index (χ4v) is 3.97. The summed E-state index contributed by atoms with van der Waals surface area (Å²) in [5, 5.41) is 15.9. The van der Waals surface area contributed by atoms with Crippen molar-refractivity contribution in [2.45, 2.75) is 29.8 Å². The Labute approximate surface area is 141 Å². The smallest absolute Gasteiger partial charge is 0.209 e. The molecule has 8 heteroatoms. The fourth-order valence-electron chi connectivity index (χ4n) is 2.21. The Hall–Kier alpha value is -1.93. The molecule has 4 rings (SSSR count). The zero-order chi connectivity index (χ0) is 15.6. The van der Waals surface area contributed by atoms with Gasteiger partial charge in [-0.15, -0.1) is 16.4 Å². The number of nitrogens with zero attached hydrogens (tertiary/aromatic N) is 5. The molecular weight excluding hydrogens is 330 g/mol. The van der Waals surface area contributed by atoms with Crippen LogP contribution in [0.2, 0.25) is 0 Å². The molecule has 0 spiro atoms. The number of thiazole rings is 1. The highest BCUT2D eigenvalue weighted by Crippen LogP contribution is 2.37. The Morgan fingerprint density at radius 1 is 1.30 bits per heavy atom. The first-order valence-electron chi connectivity index (χ1n) is 7.33. The summed E-state index contributed by atoms with van der Waals surface area (Å²) >= 11 is 3.29. The van der Waals surface area contributed by atoms with Crippen molar-refractivity contribution in [2.24, 2.45) is 0 Å². The molecule has 6 nitrogen and oxygen atoms in total. The maximum atomic E-state index is 5.18. The van der Waals surface area contributed by atoms with Gasteiger partial charge in [-0.2, -0.15) is 0 Å². The first kappa shape index (κ1) is 14.6. The Balaban J connectivity index is 1.44. The van der Waals surface area contributed by atoms with E-state index in [1.165, 1.54) is 12.8 Å². The number of ether oxygens (including phenoxy) is 1. The highest BCUT2D eigenvalue weighted by molar-refractivity contribution is 7.98. The third-order valence-corrected chi connectivity index (χ3v) is 5.50. The van der Waals surface area contributed by atoms with Crippen molar-refractivity contribution < 1.29 is 4.74 Å². The van der Waals surface area contributed by atoms with Crippen LogP contribution in [0.25, 0.3) is 10.6 Å². The van der Waals surface area contributed by atoms with Gasteiger partial charge in [0.05, 0.1) is 18.8 Å². The zero-order valence-electron chi connectivity index (χ0n) is 12.5. The molecule has 2 aromatic heterocycles. The van der Waals surface area contributed by atoms with Crippen LogP contribution >= 0.6 is 23.1 Å². The Bertz CT molecular complexity index is 794. The summed E-state index contributed by atoms with van der Waals surface area (Å²) in [6.07, 6.45) is 2.35. The lowest BCUT2D eigenvalue weighted by Crippen LogP contribution is -1.98.